The number of aryl methyl sites for hydroxylation is 1. The molecule has 0 radical (unpaired) electrons. The van der Waals surface area contributed by atoms with Crippen LogP contribution in [0.5, 0.6) is 0 Å². The average Bonchev–Trinajstić information content (AvgIpc) is 3.12. The molecule has 2 aromatic carbocycles. The van der Waals surface area contributed by atoms with Crippen molar-refractivity contribution in [1.29, 1.82) is 0 Å². The molecule has 3 rings (SSSR count). The summed E-state index contributed by atoms with van der Waals surface area (Å²) in [5.74, 6) is -0.632. The normalized spacial score (nSPS) is 11.8. The zero-order chi connectivity index (χ0) is 23.3. The van der Waals surface area contributed by atoms with Crippen LogP contribution in [0.1, 0.15) is 29.9 Å². The maximum Gasteiger partial charge on any atom is 0.320 e. The summed E-state index contributed by atoms with van der Waals surface area (Å²) in [4.78, 5) is 24.2. The van der Waals surface area contributed by atoms with Gasteiger partial charge in [-0.1, -0.05) is 42.5 Å². The van der Waals surface area contributed by atoms with E-state index >= 15 is 0 Å². The highest BCUT2D eigenvalue weighted by molar-refractivity contribution is 6.26. The minimum absolute atomic E-state index is 0.00921. The summed E-state index contributed by atoms with van der Waals surface area (Å²) in [5, 5.41) is 8.04. The van der Waals surface area contributed by atoms with Gasteiger partial charge < -0.3 is 10.1 Å². The third kappa shape index (κ3) is 5.69. The van der Waals surface area contributed by atoms with Gasteiger partial charge in [-0.15, -0.1) is 23.2 Å². The van der Waals surface area contributed by atoms with Crippen LogP contribution in [0.2, 0.25) is 0 Å². The second kappa shape index (κ2) is 10.2. The molecule has 6 nitrogen and oxygen atoms in total. The Hall–Kier alpha value is -2.83. The highest BCUT2D eigenvalue weighted by atomic mass is 35.5. The highest BCUT2D eigenvalue weighted by Crippen LogP contribution is 2.27. The second-order valence-corrected chi connectivity index (χ2v) is 8.59. The number of amides is 1. The number of aromatic nitrogens is 2. The standard InChI is InChI=1S/C24H25Cl2N3O3/c1-24(2,15-32-21(30)14-26)27-23(31)22-19-11-10-18(13-20(19)29(3)28-22)17-8-6-16(7-9-17)5-4-12-25/h4-11,13H,12,14-15H2,1-3H3,(H,27,31)/b5-4+. The predicted octanol–water partition coefficient (Wildman–Crippen LogP) is 4.78. The summed E-state index contributed by atoms with van der Waals surface area (Å²) in [6.07, 6.45) is 3.87. The largest absolute Gasteiger partial charge is 0.462 e. The molecule has 0 aliphatic carbocycles. The maximum atomic E-state index is 12.9. The van der Waals surface area contributed by atoms with Crippen molar-refractivity contribution in [3.05, 3.63) is 59.8 Å². The van der Waals surface area contributed by atoms with Gasteiger partial charge >= 0.3 is 5.97 Å². The zero-order valence-corrected chi connectivity index (χ0v) is 19.7. The first kappa shape index (κ1) is 23.8. The number of benzene rings is 2. The molecular formula is C24H25Cl2N3O3. The number of ether oxygens (including phenoxy) is 1. The van der Waals surface area contributed by atoms with Crippen molar-refractivity contribution in [3.8, 4) is 11.1 Å². The lowest BCUT2D eigenvalue weighted by Crippen LogP contribution is -2.47. The molecule has 168 valence electrons. The number of carbonyl (C=O) groups excluding carboxylic acids is 2. The van der Waals surface area contributed by atoms with Gasteiger partial charge in [0.2, 0.25) is 0 Å². The molecule has 8 heteroatoms. The van der Waals surface area contributed by atoms with Gasteiger partial charge in [-0.3, -0.25) is 14.3 Å². The number of esters is 1. The quantitative estimate of drug-likeness (QED) is 0.377. The Morgan fingerprint density at radius 1 is 1.12 bits per heavy atom. The van der Waals surface area contributed by atoms with Gasteiger partial charge in [-0.2, -0.15) is 5.10 Å². The average molecular weight is 474 g/mol. The molecule has 1 aromatic heterocycles. The van der Waals surface area contributed by atoms with E-state index in [0.29, 0.717) is 11.6 Å². The van der Waals surface area contributed by atoms with E-state index in [1.54, 1.807) is 25.6 Å². The Morgan fingerprint density at radius 3 is 2.47 bits per heavy atom. The lowest BCUT2D eigenvalue weighted by atomic mass is 10.0. The molecule has 1 N–H and O–H groups in total. The lowest BCUT2D eigenvalue weighted by molar-refractivity contribution is -0.142. The number of hydrogen-bond acceptors (Lipinski definition) is 4. The van der Waals surface area contributed by atoms with Crippen LogP contribution in [0, 0.1) is 0 Å². The molecule has 0 bridgehead atoms. The molecular weight excluding hydrogens is 449 g/mol. The minimum atomic E-state index is -0.776. The molecule has 0 unspecified atom stereocenters. The number of allylic oxidation sites excluding steroid dienone is 1. The highest BCUT2D eigenvalue weighted by Gasteiger charge is 2.26. The van der Waals surface area contributed by atoms with Crippen molar-refractivity contribution in [2.75, 3.05) is 18.4 Å². The number of nitrogens with zero attached hydrogens (tertiary/aromatic N) is 2. The van der Waals surface area contributed by atoms with Crippen molar-refractivity contribution in [2.45, 2.75) is 19.4 Å². The Bertz CT molecular complexity index is 1150. The summed E-state index contributed by atoms with van der Waals surface area (Å²) in [6.45, 7) is 3.54. The molecule has 0 saturated heterocycles. The Kier molecular flexibility index (Phi) is 7.59. The molecule has 0 aliphatic heterocycles. The van der Waals surface area contributed by atoms with Crippen molar-refractivity contribution in [3.63, 3.8) is 0 Å². The number of fused-ring (bicyclic) bond motifs is 1. The van der Waals surface area contributed by atoms with E-state index in [4.69, 9.17) is 27.9 Å². The van der Waals surface area contributed by atoms with E-state index in [-0.39, 0.29) is 18.4 Å². The van der Waals surface area contributed by atoms with Gasteiger partial charge in [0, 0.05) is 18.3 Å². The van der Waals surface area contributed by atoms with E-state index < -0.39 is 11.5 Å². The number of alkyl halides is 2. The Labute approximate surface area is 197 Å². The molecule has 0 spiro atoms. The van der Waals surface area contributed by atoms with E-state index in [1.807, 2.05) is 54.6 Å². The smallest absolute Gasteiger partial charge is 0.320 e. The number of rotatable bonds is 8. The van der Waals surface area contributed by atoms with Crippen molar-refractivity contribution in [1.82, 2.24) is 15.1 Å². The fourth-order valence-electron chi connectivity index (χ4n) is 3.27. The SMILES string of the molecule is Cn1nc(C(=O)NC(C)(C)COC(=O)CCl)c2ccc(-c3ccc(/C=C/CCl)cc3)cc21. The third-order valence-electron chi connectivity index (χ3n) is 4.87. The molecule has 1 amide bonds. The molecule has 0 fully saturated rings. The van der Waals surface area contributed by atoms with Crippen molar-refractivity contribution < 1.29 is 14.3 Å². The van der Waals surface area contributed by atoms with Gasteiger partial charge in [0.15, 0.2) is 5.69 Å². The van der Waals surface area contributed by atoms with Crippen LogP contribution in [0.25, 0.3) is 28.1 Å². The first-order chi connectivity index (χ1) is 15.2. The van der Waals surface area contributed by atoms with Crippen molar-refractivity contribution in [2.24, 2.45) is 7.05 Å². The van der Waals surface area contributed by atoms with E-state index in [9.17, 15) is 9.59 Å². The second-order valence-electron chi connectivity index (χ2n) is 8.02. The molecule has 1 heterocycles. The van der Waals surface area contributed by atoms with Gasteiger partial charge in [0.25, 0.3) is 5.91 Å². The first-order valence-electron chi connectivity index (χ1n) is 10.1. The van der Waals surface area contributed by atoms with E-state index in [2.05, 4.69) is 10.4 Å². The molecule has 3 aromatic rings. The topological polar surface area (TPSA) is 73.2 Å². The monoisotopic (exact) mass is 473 g/mol. The van der Waals surface area contributed by atoms with Gasteiger partial charge in [0.1, 0.15) is 12.5 Å². The number of halogens is 2. The van der Waals surface area contributed by atoms with Crippen LogP contribution in [-0.2, 0) is 16.6 Å². The number of carbonyl (C=O) groups is 2. The lowest BCUT2D eigenvalue weighted by Gasteiger charge is -2.25. The molecule has 32 heavy (non-hydrogen) atoms. The Balaban J connectivity index is 1.83. The van der Waals surface area contributed by atoms with E-state index in [1.165, 1.54) is 0 Å². The van der Waals surface area contributed by atoms with Gasteiger partial charge in [-0.25, -0.2) is 0 Å². The summed E-state index contributed by atoms with van der Waals surface area (Å²) in [7, 11) is 1.80. The maximum absolute atomic E-state index is 12.9. The molecule has 0 aliphatic rings. The number of nitrogens with one attached hydrogen (secondary N) is 1. The third-order valence-corrected chi connectivity index (χ3v) is 5.26. The predicted molar refractivity (Wildman–Crippen MR) is 129 cm³/mol. The Morgan fingerprint density at radius 2 is 1.81 bits per heavy atom. The van der Waals surface area contributed by atoms with Crippen LogP contribution in [0.15, 0.2) is 48.5 Å². The van der Waals surface area contributed by atoms with Gasteiger partial charge in [-0.05, 0) is 42.7 Å². The van der Waals surface area contributed by atoms with E-state index in [0.717, 1.165) is 27.6 Å². The summed E-state index contributed by atoms with van der Waals surface area (Å²) < 4.78 is 6.74. The van der Waals surface area contributed by atoms with Crippen LogP contribution in [-0.4, -0.2) is 45.6 Å². The molecule has 0 saturated carbocycles. The summed E-state index contributed by atoms with van der Waals surface area (Å²) in [6, 6.07) is 14.0. The van der Waals surface area contributed by atoms with Gasteiger partial charge in [0.05, 0.1) is 11.1 Å². The van der Waals surface area contributed by atoms with Crippen LogP contribution in [0.4, 0.5) is 0 Å². The summed E-state index contributed by atoms with van der Waals surface area (Å²) >= 11 is 11.1. The van der Waals surface area contributed by atoms with Crippen LogP contribution in [0.3, 0.4) is 0 Å². The van der Waals surface area contributed by atoms with Crippen molar-refractivity contribution >= 4 is 52.1 Å². The minimum Gasteiger partial charge on any atom is -0.462 e. The van der Waals surface area contributed by atoms with Crippen LogP contribution >= 0.6 is 23.2 Å². The molecule has 0 atom stereocenters. The fourth-order valence-corrected chi connectivity index (χ4v) is 3.44. The summed E-state index contributed by atoms with van der Waals surface area (Å²) in [5.41, 5.74) is 3.53. The fraction of sp³-hybridized carbons (Fsp3) is 0.292. The number of hydrogen-bond donors (Lipinski definition) is 1. The zero-order valence-electron chi connectivity index (χ0n) is 18.2. The van der Waals surface area contributed by atoms with Crippen LogP contribution < -0.4 is 5.32 Å². The first-order valence-corrected chi connectivity index (χ1v) is 11.1.